The van der Waals surface area contributed by atoms with Crippen molar-refractivity contribution < 1.29 is 9.59 Å². The highest BCUT2D eigenvalue weighted by molar-refractivity contribution is 5.96. The Hall–Kier alpha value is -2.56. The van der Waals surface area contributed by atoms with E-state index in [1.165, 1.54) is 5.56 Å². The van der Waals surface area contributed by atoms with E-state index < -0.39 is 0 Å². The molecule has 3 rings (SSSR count). The van der Waals surface area contributed by atoms with Gasteiger partial charge >= 0.3 is 0 Å². The van der Waals surface area contributed by atoms with Crippen LogP contribution in [0, 0.1) is 13.8 Å². The fraction of sp³-hybridized carbons (Fsp3) is 0.429. The van der Waals surface area contributed by atoms with Crippen LogP contribution in [0.25, 0.3) is 0 Å². The van der Waals surface area contributed by atoms with Crippen LogP contribution in [0.4, 0.5) is 0 Å². The first-order chi connectivity index (χ1) is 12.4. The van der Waals surface area contributed by atoms with Crippen molar-refractivity contribution in [2.24, 2.45) is 0 Å². The maximum Gasteiger partial charge on any atom is 0.255 e. The fourth-order valence-corrected chi connectivity index (χ4v) is 3.86. The van der Waals surface area contributed by atoms with E-state index in [1.807, 2.05) is 36.1 Å². The van der Waals surface area contributed by atoms with Crippen molar-refractivity contribution in [1.82, 2.24) is 14.4 Å². The highest BCUT2D eigenvalue weighted by atomic mass is 16.2. The van der Waals surface area contributed by atoms with Crippen molar-refractivity contribution in [3.63, 3.8) is 0 Å². The molecule has 1 saturated heterocycles. The zero-order valence-electron chi connectivity index (χ0n) is 16.0. The lowest BCUT2D eigenvalue weighted by molar-refractivity contribution is -0.130. The molecule has 1 aliphatic rings. The van der Waals surface area contributed by atoms with Gasteiger partial charge in [-0.1, -0.05) is 30.3 Å². The summed E-state index contributed by atoms with van der Waals surface area (Å²) in [4.78, 5) is 28.2. The maximum atomic E-state index is 13.0. The Morgan fingerprint density at radius 3 is 2.12 bits per heavy atom. The van der Waals surface area contributed by atoms with Crippen molar-refractivity contribution in [3.8, 4) is 0 Å². The molecular formula is C21H27N3O2. The summed E-state index contributed by atoms with van der Waals surface area (Å²) in [5, 5.41) is 0. The normalized spacial score (nSPS) is 15.8. The van der Waals surface area contributed by atoms with Crippen molar-refractivity contribution in [2.45, 2.75) is 33.7 Å². The predicted molar refractivity (Wildman–Crippen MR) is 102 cm³/mol. The minimum absolute atomic E-state index is 0.0628. The standard InChI is InChI=1S/C21H27N3O2/c1-15-14-20(21(26)23-12-10-22(11-13-23)18(4)25)17(3)24(15)16(2)19-8-6-5-7-9-19/h5-9,14,16H,10-13H2,1-4H3/t16-/m0/s1. The predicted octanol–water partition coefficient (Wildman–Crippen LogP) is 3.02. The van der Waals surface area contributed by atoms with Crippen LogP contribution < -0.4 is 0 Å². The molecule has 1 atom stereocenters. The number of nitrogens with zero attached hydrogens (tertiary/aromatic N) is 3. The molecule has 1 fully saturated rings. The topological polar surface area (TPSA) is 45.6 Å². The van der Waals surface area contributed by atoms with Gasteiger partial charge in [-0.3, -0.25) is 9.59 Å². The SMILES string of the molecule is CC(=O)N1CCN(C(=O)c2cc(C)n([C@@H](C)c3ccccc3)c2C)CC1. The summed E-state index contributed by atoms with van der Waals surface area (Å²) in [6.45, 7) is 10.2. The van der Waals surface area contributed by atoms with Crippen LogP contribution in [0.2, 0.25) is 0 Å². The third-order valence-corrected chi connectivity index (χ3v) is 5.40. The highest BCUT2D eigenvalue weighted by Crippen LogP contribution is 2.26. The number of piperazine rings is 1. The number of amides is 2. The Bertz CT molecular complexity index is 802. The second kappa shape index (κ2) is 7.36. The number of aryl methyl sites for hydroxylation is 1. The summed E-state index contributed by atoms with van der Waals surface area (Å²) in [5.41, 5.74) is 4.08. The number of rotatable bonds is 3. The van der Waals surface area contributed by atoms with Crippen molar-refractivity contribution in [3.05, 3.63) is 58.9 Å². The smallest absolute Gasteiger partial charge is 0.255 e. The van der Waals surface area contributed by atoms with Crippen LogP contribution in [0.15, 0.2) is 36.4 Å². The van der Waals surface area contributed by atoms with Gasteiger partial charge in [0, 0.05) is 44.5 Å². The van der Waals surface area contributed by atoms with Crippen molar-refractivity contribution in [2.75, 3.05) is 26.2 Å². The van der Waals surface area contributed by atoms with Crippen LogP contribution in [0.5, 0.6) is 0 Å². The van der Waals surface area contributed by atoms with E-state index in [9.17, 15) is 9.59 Å². The largest absolute Gasteiger partial charge is 0.341 e. The van der Waals surface area contributed by atoms with Gasteiger partial charge in [0.25, 0.3) is 5.91 Å². The highest BCUT2D eigenvalue weighted by Gasteiger charge is 2.26. The van der Waals surface area contributed by atoms with E-state index in [-0.39, 0.29) is 17.9 Å². The monoisotopic (exact) mass is 353 g/mol. The average molecular weight is 353 g/mol. The summed E-state index contributed by atoms with van der Waals surface area (Å²) >= 11 is 0. The number of carbonyl (C=O) groups excluding carboxylic acids is 2. The molecule has 5 nitrogen and oxygen atoms in total. The Morgan fingerprint density at radius 1 is 0.962 bits per heavy atom. The zero-order valence-corrected chi connectivity index (χ0v) is 16.0. The third-order valence-electron chi connectivity index (χ3n) is 5.40. The second-order valence-corrected chi connectivity index (χ2v) is 7.04. The van der Waals surface area contributed by atoms with Gasteiger partial charge in [0.05, 0.1) is 11.6 Å². The number of hydrogen-bond donors (Lipinski definition) is 0. The van der Waals surface area contributed by atoms with E-state index in [0.717, 1.165) is 17.0 Å². The lowest BCUT2D eigenvalue weighted by Gasteiger charge is -2.34. The lowest BCUT2D eigenvalue weighted by atomic mass is 10.1. The molecule has 0 saturated carbocycles. The van der Waals surface area contributed by atoms with Gasteiger partial charge < -0.3 is 14.4 Å². The molecule has 1 aromatic heterocycles. The Balaban J connectivity index is 1.82. The van der Waals surface area contributed by atoms with Gasteiger partial charge in [-0.15, -0.1) is 0 Å². The van der Waals surface area contributed by atoms with Crippen LogP contribution >= 0.6 is 0 Å². The van der Waals surface area contributed by atoms with Gasteiger partial charge in [-0.2, -0.15) is 0 Å². The molecular weight excluding hydrogens is 326 g/mol. The van der Waals surface area contributed by atoms with Gasteiger partial charge in [-0.25, -0.2) is 0 Å². The summed E-state index contributed by atoms with van der Waals surface area (Å²) in [7, 11) is 0. The first-order valence-electron chi connectivity index (χ1n) is 9.18. The lowest BCUT2D eigenvalue weighted by Crippen LogP contribution is -2.50. The quantitative estimate of drug-likeness (QED) is 0.851. The first-order valence-corrected chi connectivity index (χ1v) is 9.18. The fourth-order valence-electron chi connectivity index (χ4n) is 3.86. The minimum atomic E-state index is 0.0628. The number of hydrogen-bond acceptors (Lipinski definition) is 2. The third kappa shape index (κ3) is 3.39. The van der Waals surface area contributed by atoms with Crippen LogP contribution in [0.1, 0.15) is 47.2 Å². The number of carbonyl (C=O) groups is 2. The molecule has 26 heavy (non-hydrogen) atoms. The summed E-state index contributed by atoms with van der Waals surface area (Å²) < 4.78 is 2.23. The molecule has 0 bridgehead atoms. The molecule has 0 N–H and O–H groups in total. The summed E-state index contributed by atoms with van der Waals surface area (Å²) in [6, 6.07) is 12.5. The van der Waals surface area contributed by atoms with Crippen LogP contribution in [-0.2, 0) is 4.79 Å². The van der Waals surface area contributed by atoms with E-state index in [0.29, 0.717) is 26.2 Å². The molecule has 1 aliphatic heterocycles. The van der Waals surface area contributed by atoms with Gasteiger partial charge in [-0.05, 0) is 32.4 Å². The Morgan fingerprint density at radius 2 is 1.54 bits per heavy atom. The van der Waals surface area contributed by atoms with Gasteiger partial charge in [0.15, 0.2) is 0 Å². The summed E-state index contributed by atoms with van der Waals surface area (Å²) in [5.74, 6) is 0.139. The molecule has 0 radical (unpaired) electrons. The molecule has 1 aromatic carbocycles. The van der Waals surface area contributed by atoms with E-state index >= 15 is 0 Å². The van der Waals surface area contributed by atoms with Crippen molar-refractivity contribution >= 4 is 11.8 Å². The van der Waals surface area contributed by atoms with Crippen molar-refractivity contribution in [1.29, 1.82) is 0 Å². The minimum Gasteiger partial charge on any atom is -0.341 e. The molecule has 5 heteroatoms. The number of benzene rings is 1. The molecule has 2 aromatic rings. The summed E-state index contributed by atoms with van der Waals surface area (Å²) in [6.07, 6.45) is 0. The van der Waals surface area contributed by atoms with Gasteiger partial charge in [0.1, 0.15) is 0 Å². The molecule has 2 heterocycles. The maximum absolute atomic E-state index is 13.0. The first kappa shape index (κ1) is 18.2. The molecule has 0 aliphatic carbocycles. The Kier molecular flexibility index (Phi) is 5.16. The van der Waals surface area contributed by atoms with Gasteiger partial charge in [0.2, 0.25) is 5.91 Å². The zero-order chi connectivity index (χ0) is 18.8. The second-order valence-electron chi connectivity index (χ2n) is 7.04. The molecule has 138 valence electrons. The van der Waals surface area contributed by atoms with E-state index in [4.69, 9.17) is 0 Å². The molecule has 2 amide bonds. The van der Waals surface area contributed by atoms with Crippen LogP contribution in [0.3, 0.4) is 0 Å². The average Bonchev–Trinajstić information content (AvgIpc) is 2.95. The number of aromatic nitrogens is 1. The van der Waals surface area contributed by atoms with E-state index in [2.05, 4.69) is 30.5 Å². The Labute approximate surface area is 155 Å². The molecule has 0 spiro atoms. The van der Waals surface area contributed by atoms with Crippen LogP contribution in [-0.4, -0.2) is 52.4 Å². The van der Waals surface area contributed by atoms with E-state index in [1.54, 1.807) is 11.8 Å². The molecule has 0 unspecified atom stereocenters.